The molecule has 0 spiro atoms. The lowest BCUT2D eigenvalue weighted by Gasteiger charge is -2.27. The molecule has 3 heterocycles. The Morgan fingerprint density at radius 1 is 1.38 bits per heavy atom. The maximum Gasteiger partial charge on any atom is 0.274 e. The van der Waals surface area contributed by atoms with E-state index in [4.69, 9.17) is 4.52 Å². The molecule has 0 N–H and O–H groups in total. The number of hydrogen-bond acceptors (Lipinski definition) is 6. The zero-order chi connectivity index (χ0) is 14.8. The highest BCUT2D eigenvalue weighted by Gasteiger charge is 2.32. The summed E-state index contributed by atoms with van der Waals surface area (Å²) >= 11 is 1.56. The predicted molar refractivity (Wildman–Crippen MR) is 78.1 cm³/mol. The van der Waals surface area contributed by atoms with Gasteiger partial charge in [-0.25, -0.2) is 4.98 Å². The Morgan fingerprint density at radius 3 is 2.90 bits per heavy atom. The number of thiazole rings is 1. The van der Waals surface area contributed by atoms with E-state index < -0.39 is 0 Å². The van der Waals surface area contributed by atoms with Crippen LogP contribution in [-0.2, 0) is 0 Å². The summed E-state index contributed by atoms with van der Waals surface area (Å²) in [7, 11) is 0. The van der Waals surface area contributed by atoms with Crippen molar-refractivity contribution in [3.8, 4) is 0 Å². The Kier molecular flexibility index (Phi) is 4.01. The predicted octanol–water partition coefficient (Wildman–Crippen LogP) is 2.90. The van der Waals surface area contributed by atoms with E-state index in [9.17, 15) is 4.79 Å². The molecule has 0 aromatic carbocycles. The Labute approximate surface area is 127 Å². The molecule has 6 nitrogen and oxygen atoms in total. The van der Waals surface area contributed by atoms with Crippen LogP contribution in [0.5, 0.6) is 0 Å². The number of aryl methyl sites for hydroxylation is 2. The SMILES string of the molecule is Cc1nc(C(=O)N2CCCCC[C@@H]2c2ncon2)c(C)s1. The van der Waals surface area contributed by atoms with Crippen molar-refractivity contribution in [2.45, 2.75) is 45.6 Å². The molecule has 3 rings (SSSR count). The van der Waals surface area contributed by atoms with Gasteiger partial charge in [0.2, 0.25) is 6.39 Å². The minimum absolute atomic E-state index is 0.0199. The number of carbonyl (C=O) groups is 1. The lowest BCUT2D eigenvalue weighted by atomic mass is 10.1. The number of likely N-dealkylation sites (tertiary alicyclic amines) is 1. The first-order chi connectivity index (χ1) is 10.2. The third kappa shape index (κ3) is 2.83. The first kappa shape index (κ1) is 14.2. The second-order valence-electron chi connectivity index (χ2n) is 5.29. The molecule has 1 atom stereocenters. The Bertz CT molecular complexity index is 623. The third-order valence-electron chi connectivity index (χ3n) is 3.80. The zero-order valence-electron chi connectivity index (χ0n) is 12.2. The molecular formula is C14H18N4O2S. The summed E-state index contributed by atoms with van der Waals surface area (Å²) in [5, 5.41) is 4.86. The lowest BCUT2D eigenvalue weighted by molar-refractivity contribution is 0.0664. The van der Waals surface area contributed by atoms with Gasteiger partial charge in [-0.05, 0) is 26.7 Å². The normalized spacial score (nSPS) is 19.5. The van der Waals surface area contributed by atoms with Gasteiger partial charge in [-0.1, -0.05) is 18.0 Å². The summed E-state index contributed by atoms with van der Waals surface area (Å²) in [4.78, 5) is 24.2. The number of aromatic nitrogens is 3. The van der Waals surface area contributed by atoms with Crippen LogP contribution >= 0.6 is 11.3 Å². The fraction of sp³-hybridized carbons (Fsp3) is 0.571. The van der Waals surface area contributed by atoms with E-state index >= 15 is 0 Å². The summed E-state index contributed by atoms with van der Waals surface area (Å²) in [6.45, 7) is 4.58. The van der Waals surface area contributed by atoms with Gasteiger partial charge in [0, 0.05) is 11.4 Å². The molecule has 2 aromatic heterocycles. The summed E-state index contributed by atoms with van der Waals surface area (Å²) < 4.78 is 4.86. The van der Waals surface area contributed by atoms with Crippen molar-refractivity contribution in [2.24, 2.45) is 0 Å². The minimum atomic E-state index is -0.111. The molecule has 21 heavy (non-hydrogen) atoms. The second kappa shape index (κ2) is 5.93. The summed E-state index contributed by atoms with van der Waals surface area (Å²) in [5.74, 6) is 0.573. The van der Waals surface area contributed by atoms with Gasteiger partial charge in [0.15, 0.2) is 5.82 Å². The van der Waals surface area contributed by atoms with Crippen LogP contribution in [0.2, 0.25) is 0 Å². The van der Waals surface area contributed by atoms with Crippen molar-refractivity contribution < 1.29 is 9.32 Å². The Morgan fingerprint density at radius 2 is 2.24 bits per heavy atom. The molecule has 0 radical (unpaired) electrons. The third-order valence-corrected chi connectivity index (χ3v) is 4.68. The van der Waals surface area contributed by atoms with E-state index in [-0.39, 0.29) is 11.9 Å². The highest BCUT2D eigenvalue weighted by Crippen LogP contribution is 2.30. The molecule has 1 aliphatic rings. The van der Waals surface area contributed by atoms with Gasteiger partial charge in [-0.3, -0.25) is 4.79 Å². The minimum Gasteiger partial charge on any atom is -0.343 e. The van der Waals surface area contributed by atoms with Crippen LogP contribution in [0.4, 0.5) is 0 Å². The number of hydrogen-bond donors (Lipinski definition) is 0. The average Bonchev–Trinajstić information content (AvgIpc) is 3.02. The number of carbonyl (C=O) groups excluding carboxylic acids is 1. The van der Waals surface area contributed by atoms with Gasteiger partial charge in [0.25, 0.3) is 5.91 Å². The van der Waals surface area contributed by atoms with E-state index in [1.54, 1.807) is 11.3 Å². The molecule has 1 amide bonds. The summed E-state index contributed by atoms with van der Waals surface area (Å²) in [6.07, 6.45) is 5.38. The first-order valence-electron chi connectivity index (χ1n) is 7.18. The number of rotatable bonds is 2. The van der Waals surface area contributed by atoms with Crippen molar-refractivity contribution in [2.75, 3.05) is 6.54 Å². The molecule has 0 saturated carbocycles. The molecule has 0 aliphatic carbocycles. The lowest BCUT2D eigenvalue weighted by Crippen LogP contribution is -2.35. The van der Waals surface area contributed by atoms with Crippen molar-refractivity contribution in [1.82, 2.24) is 20.0 Å². The fourth-order valence-electron chi connectivity index (χ4n) is 2.81. The Hall–Kier alpha value is -1.76. The van der Waals surface area contributed by atoms with Gasteiger partial charge in [0.05, 0.1) is 11.0 Å². The molecular weight excluding hydrogens is 288 g/mol. The van der Waals surface area contributed by atoms with Crippen LogP contribution in [0, 0.1) is 13.8 Å². The van der Waals surface area contributed by atoms with Gasteiger partial charge in [-0.2, -0.15) is 4.98 Å². The monoisotopic (exact) mass is 306 g/mol. The quantitative estimate of drug-likeness (QED) is 0.853. The largest absolute Gasteiger partial charge is 0.343 e. The molecule has 2 aromatic rings. The van der Waals surface area contributed by atoms with Crippen molar-refractivity contribution >= 4 is 17.2 Å². The van der Waals surface area contributed by atoms with Gasteiger partial charge < -0.3 is 9.42 Å². The maximum atomic E-state index is 12.9. The molecule has 1 saturated heterocycles. The van der Waals surface area contributed by atoms with E-state index in [0.29, 0.717) is 18.1 Å². The van der Waals surface area contributed by atoms with Gasteiger partial charge in [-0.15, -0.1) is 11.3 Å². The number of nitrogens with zero attached hydrogens (tertiary/aromatic N) is 4. The van der Waals surface area contributed by atoms with Crippen LogP contribution in [0.3, 0.4) is 0 Å². The van der Waals surface area contributed by atoms with Gasteiger partial charge >= 0.3 is 0 Å². The van der Waals surface area contributed by atoms with Crippen molar-refractivity contribution in [3.05, 3.63) is 27.8 Å². The average molecular weight is 306 g/mol. The van der Waals surface area contributed by atoms with Gasteiger partial charge in [0.1, 0.15) is 5.69 Å². The highest BCUT2D eigenvalue weighted by atomic mass is 32.1. The first-order valence-corrected chi connectivity index (χ1v) is 7.99. The van der Waals surface area contributed by atoms with E-state index in [1.807, 2.05) is 18.7 Å². The maximum absolute atomic E-state index is 12.9. The molecule has 7 heteroatoms. The number of amides is 1. The van der Waals surface area contributed by atoms with Crippen molar-refractivity contribution in [1.29, 1.82) is 0 Å². The molecule has 112 valence electrons. The molecule has 1 aliphatic heterocycles. The zero-order valence-corrected chi connectivity index (χ0v) is 13.0. The molecule has 0 unspecified atom stereocenters. The Balaban J connectivity index is 1.92. The van der Waals surface area contributed by atoms with Crippen molar-refractivity contribution in [3.63, 3.8) is 0 Å². The molecule has 0 bridgehead atoms. The fourth-order valence-corrected chi connectivity index (χ4v) is 3.62. The smallest absolute Gasteiger partial charge is 0.274 e. The standard InChI is InChI=1S/C14H18N4O2S/c1-9-12(16-10(2)21-9)14(19)18-7-5-3-4-6-11(18)13-15-8-20-17-13/h8,11H,3-7H2,1-2H3/t11-/m1/s1. The summed E-state index contributed by atoms with van der Waals surface area (Å²) in [5.41, 5.74) is 0.563. The van der Waals surface area contributed by atoms with Crippen LogP contribution in [0.25, 0.3) is 0 Å². The summed E-state index contributed by atoms with van der Waals surface area (Å²) in [6, 6.07) is -0.111. The highest BCUT2D eigenvalue weighted by molar-refractivity contribution is 7.11. The van der Waals surface area contributed by atoms with E-state index in [1.165, 1.54) is 6.39 Å². The van der Waals surface area contributed by atoms with E-state index in [2.05, 4.69) is 15.1 Å². The van der Waals surface area contributed by atoms with Crippen LogP contribution in [0.1, 0.15) is 57.9 Å². The van der Waals surface area contributed by atoms with E-state index in [0.717, 1.165) is 35.6 Å². The van der Waals surface area contributed by atoms with Crippen LogP contribution in [0.15, 0.2) is 10.9 Å². The second-order valence-corrected chi connectivity index (χ2v) is 6.70. The van der Waals surface area contributed by atoms with Crippen LogP contribution < -0.4 is 0 Å². The van der Waals surface area contributed by atoms with Crippen LogP contribution in [-0.4, -0.2) is 32.5 Å². The molecule has 1 fully saturated rings. The topological polar surface area (TPSA) is 72.1 Å².